The second kappa shape index (κ2) is 4.09. The van der Waals surface area contributed by atoms with Gasteiger partial charge >= 0.3 is 0 Å². The van der Waals surface area contributed by atoms with Crippen molar-refractivity contribution in [3.8, 4) is 0 Å². The number of carbonyl (C=O) groups excluding carboxylic acids is 1. The van der Waals surface area contributed by atoms with E-state index in [9.17, 15) is 4.79 Å². The van der Waals surface area contributed by atoms with Gasteiger partial charge < -0.3 is 5.73 Å². The summed E-state index contributed by atoms with van der Waals surface area (Å²) in [4.78, 5) is 11.0. The molecule has 0 amide bonds. The highest BCUT2D eigenvalue weighted by molar-refractivity contribution is 5.91. The van der Waals surface area contributed by atoms with Gasteiger partial charge in [-0.25, -0.2) is 0 Å². The summed E-state index contributed by atoms with van der Waals surface area (Å²) in [6, 6.07) is 0. The Kier molecular flexibility index (Phi) is 3.05. The first-order valence-corrected chi connectivity index (χ1v) is 3.93. The van der Waals surface area contributed by atoms with Crippen LogP contribution in [-0.4, -0.2) is 12.3 Å². The molecule has 0 heterocycles. The number of hydrogen-bond acceptors (Lipinski definition) is 2. The van der Waals surface area contributed by atoms with E-state index in [-0.39, 0.29) is 5.78 Å². The average Bonchev–Trinajstić information content (AvgIpc) is 2.15. The van der Waals surface area contributed by atoms with E-state index in [1.54, 1.807) is 6.08 Å². The quantitative estimate of drug-likeness (QED) is 0.644. The monoisotopic (exact) mass is 151 g/mol. The van der Waals surface area contributed by atoms with E-state index in [2.05, 4.69) is 0 Å². The molecule has 2 nitrogen and oxygen atoms in total. The summed E-state index contributed by atoms with van der Waals surface area (Å²) < 4.78 is 0. The number of carbonyl (C=O) groups is 1. The van der Waals surface area contributed by atoms with Crippen LogP contribution >= 0.6 is 0 Å². The summed E-state index contributed by atoms with van der Waals surface area (Å²) in [5.74, 6) is 0.221. The second-order valence-corrected chi connectivity index (χ2v) is 2.67. The van der Waals surface area contributed by atoms with Gasteiger partial charge in [0.25, 0.3) is 0 Å². The van der Waals surface area contributed by atoms with Crippen LogP contribution in [0.1, 0.15) is 19.3 Å². The molecule has 0 saturated carbocycles. The van der Waals surface area contributed by atoms with Crippen molar-refractivity contribution >= 4 is 5.78 Å². The fourth-order valence-corrected chi connectivity index (χ4v) is 1.11. The molecule has 0 spiro atoms. The fourth-order valence-electron chi connectivity index (χ4n) is 1.11. The molecule has 0 unspecified atom stereocenters. The molecule has 60 valence electrons. The Bertz CT molecular complexity index is 204. The second-order valence-electron chi connectivity index (χ2n) is 2.67. The van der Waals surface area contributed by atoms with Crippen LogP contribution in [-0.2, 0) is 4.79 Å². The van der Waals surface area contributed by atoms with Gasteiger partial charge in [-0.15, -0.1) is 0 Å². The molecule has 1 aliphatic carbocycles. The minimum Gasteiger partial charge on any atom is -0.330 e. The number of ketones is 1. The third-order valence-electron chi connectivity index (χ3n) is 1.67. The molecule has 2 N–H and O–H groups in total. The summed E-state index contributed by atoms with van der Waals surface area (Å²) in [6.45, 7) is 0.615. The number of nitrogens with two attached hydrogens (primary N) is 1. The van der Waals surface area contributed by atoms with Crippen LogP contribution in [0.2, 0.25) is 0 Å². The predicted octanol–water partition coefficient (Wildman–Crippen LogP) is 1.18. The molecule has 0 bridgehead atoms. The zero-order chi connectivity index (χ0) is 8.10. The first-order chi connectivity index (χ1) is 5.33. The molecular weight excluding hydrogens is 138 g/mol. The van der Waals surface area contributed by atoms with Crippen molar-refractivity contribution < 1.29 is 4.79 Å². The van der Waals surface area contributed by atoms with E-state index in [1.807, 2.05) is 12.2 Å². The highest BCUT2D eigenvalue weighted by atomic mass is 16.1. The Morgan fingerprint density at radius 3 is 3.09 bits per heavy atom. The van der Waals surface area contributed by atoms with E-state index >= 15 is 0 Å². The van der Waals surface area contributed by atoms with Gasteiger partial charge in [0.1, 0.15) is 0 Å². The zero-order valence-electron chi connectivity index (χ0n) is 6.55. The smallest absolute Gasteiger partial charge is 0.156 e. The topological polar surface area (TPSA) is 43.1 Å². The summed E-state index contributed by atoms with van der Waals surface area (Å²) in [5, 5.41) is 0. The van der Waals surface area contributed by atoms with Crippen molar-refractivity contribution in [2.24, 2.45) is 5.73 Å². The molecule has 0 fully saturated rings. The lowest BCUT2D eigenvalue weighted by atomic mass is 10.1. The SMILES string of the molecule is NCCC1=CC(=O)CCC=C1. The van der Waals surface area contributed by atoms with Crippen molar-refractivity contribution in [2.75, 3.05) is 6.54 Å². The normalized spacial score (nSPS) is 17.9. The van der Waals surface area contributed by atoms with Gasteiger partial charge in [0.15, 0.2) is 5.78 Å². The lowest BCUT2D eigenvalue weighted by Crippen LogP contribution is -2.00. The Hall–Kier alpha value is -0.890. The van der Waals surface area contributed by atoms with E-state index in [1.165, 1.54) is 0 Å². The van der Waals surface area contributed by atoms with Crippen molar-refractivity contribution in [2.45, 2.75) is 19.3 Å². The average molecular weight is 151 g/mol. The summed E-state index contributed by atoms with van der Waals surface area (Å²) >= 11 is 0. The van der Waals surface area contributed by atoms with Gasteiger partial charge in [0.2, 0.25) is 0 Å². The molecule has 2 heteroatoms. The van der Waals surface area contributed by atoms with E-state index < -0.39 is 0 Å². The lowest BCUT2D eigenvalue weighted by molar-refractivity contribution is -0.114. The molecule has 0 aromatic heterocycles. The molecule has 11 heavy (non-hydrogen) atoms. The minimum atomic E-state index is 0.221. The van der Waals surface area contributed by atoms with Crippen molar-refractivity contribution in [3.63, 3.8) is 0 Å². The standard InChI is InChI=1S/C9H13NO/c10-6-5-8-3-1-2-4-9(11)7-8/h1,3,7H,2,4-6,10H2. The van der Waals surface area contributed by atoms with Gasteiger partial charge in [0.05, 0.1) is 0 Å². The fraction of sp³-hybridized carbons (Fsp3) is 0.444. The minimum absolute atomic E-state index is 0.221. The van der Waals surface area contributed by atoms with Crippen LogP contribution in [0.25, 0.3) is 0 Å². The van der Waals surface area contributed by atoms with Crippen LogP contribution in [0, 0.1) is 0 Å². The van der Waals surface area contributed by atoms with Gasteiger partial charge in [0, 0.05) is 6.42 Å². The highest BCUT2D eigenvalue weighted by Gasteiger charge is 2.01. The Labute approximate surface area is 66.8 Å². The maximum atomic E-state index is 11.0. The number of rotatable bonds is 2. The maximum absolute atomic E-state index is 11.0. The highest BCUT2D eigenvalue weighted by Crippen LogP contribution is 2.09. The summed E-state index contributed by atoms with van der Waals surface area (Å²) in [5.41, 5.74) is 6.43. The third-order valence-corrected chi connectivity index (χ3v) is 1.67. The Morgan fingerprint density at radius 2 is 2.36 bits per heavy atom. The van der Waals surface area contributed by atoms with Crippen LogP contribution in [0.5, 0.6) is 0 Å². The summed E-state index contributed by atoms with van der Waals surface area (Å²) in [6.07, 6.45) is 8.05. The molecule has 0 radical (unpaired) electrons. The van der Waals surface area contributed by atoms with Crippen molar-refractivity contribution in [1.82, 2.24) is 0 Å². The van der Waals surface area contributed by atoms with Crippen LogP contribution in [0.15, 0.2) is 23.8 Å². The van der Waals surface area contributed by atoms with Crippen molar-refractivity contribution in [3.05, 3.63) is 23.8 Å². The molecule has 0 aromatic carbocycles. The van der Waals surface area contributed by atoms with Crippen LogP contribution in [0.4, 0.5) is 0 Å². The molecule has 1 rings (SSSR count). The third kappa shape index (κ3) is 2.68. The Balaban J connectivity index is 2.63. The van der Waals surface area contributed by atoms with E-state index in [0.29, 0.717) is 13.0 Å². The molecule has 0 atom stereocenters. The first-order valence-electron chi connectivity index (χ1n) is 3.93. The summed E-state index contributed by atoms with van der Waals surface area (Å²) in [7, 11) is 0. The molecule has 0 saturated heterocycles. The maximum Gasteiger partial charge on any atom is 0.156 e. The first kappa shape index (κ1) is 8.21. The van der Waals surface area contributed by atoms with Crippen LogP contribution in [0.3, 0.4) is 0 Å². The van der Waals surface area contributed by atoms with E-state index in [0.717, 1.165) is 18.4 Å². The number of allylic oxidation sites excluding steroid dienone is 3. The van der Waals surface area contributed by atoms with Gasteiger partial charge in [-0.1, -0.05) is 12.2 Å². The van der Waals surface area contributed by atoms with Gasteiger partial charge in [-0.05, 0) is 31.0 Å². The predicted molar refractivity (Wildman–Crippen MR) is 45.1 cm³/mol. The number of hydrogen-bond donors (Lipinski definition) is 1. The zero-order valence-corrected chi connectivity index (χ0v) is 6.55. The molecular formula is C9H13NO. The Morgan fingerprint density at radius 1 is 1.55 bits per heavy atom. The molecule has 0 aromatic rings. The van der Waals surface area contributed by atoms with Gasteiger partial charge in [-0.3, -0.25) is 4.79 Å². The molecule has 1 aliphatic rings. The lowest BCUT2D eigenvalue weighted by Gasteiger charge is -1.95. The van der Waals surface area contributed by atoms with E-state index in [4.69, 9.17) is 5.73 Å². The van der Waals surface area contributed by atoms with Crippen LogP contribution < -0.4 is 5.73 Å². The van der Waals surface area contributed by atoms with Crippen molar-refractivity contribution in [1.29, 1.82) is 0 Å². The van der Waals surface area contributed by atoms with Gasteiger partial charge in [-0.2, -0.15) is 0 Å². The largest absolute Gasteiger partial charge is 0.330 e. The molecule has 0 aliphatic heterocycles.